The van der Waals surface area contributed by atoms with Crippen molar-refractivity contribution in [3.05, 3.63) is 21.9 Å². The third-order valence-electron chi connectivity index (χ3n) is 3.79. The Morgan fingerprint density at radius 2 is 2.19 bits per heavy atom. The number of esters is 1. The predicted octanol–water partition coefficient (Wildman–Crippen LogP) is 0.985. The smallest absolute Gasteiger partial charge is 0.345 e. The van der Waals surface area contributed by atoms with Gasteiger partial charge in [0.2, 0.25) is 0 Å². The van der Waals surface area contributed by atoms with Gasteiger partial charge in [0.05, 0.1) is 25.4 Å². The van der Waals surface area contributed by atoms with Gasteiger partial charge in [-0.15, -0.1) is 4.68 Å². The van der Waals surface area contributed by atoms with Crippen LogP contribution < -0.4 is 0 Å². The molecule has 1 fully saturated rings. The Balaban J connectivity index is 1.89. The Hall–Kier alpha value is -1.96. The van der Waals surface area contributed by atoms with Crippen molar-refractivity contribution in [2.75, 3.05) is 26.7 Å². The number of rotatable bonds is 5. The van der Waals surface area contributed by atoms with Gasteiger partial charge in [-0.2, -0.15) is 0 Å². The summed E-state index contributed by atoms with van der Waals surface area (Å²) in [4.78, 5) is 23.8. The molecule has 2 heterocycles. The first-order valence-corrected chi connectivity index (χ1v) is 6.97. The van der Waals surface area contributed by atoms with E-state index in [1.165, 1.54) is 17.9 Å². The van der Waals surface area contributed by atoms with Crippen molar-refractivity contribution in [1.29, 1.82) is 0 Å². The van der Waals surface area contributed by atoms with Gasteiger partial charge in [-0.3, -0.25) is 9.69 Å². The predicted molar refractivity (Wildman–Crippen MR) is 74.8 cm³/mol. The summed E-state index contributed by atoms with van der Waals surface area (Å²) in [6.45, 7) is 4.21. The van der Waals surface area contributed by atoms with Crippen LogP contribution in [0.1, 0.15) is 18.5 Å². The maximum absolute atomic E-state index is 11.2. The fourth-order valence-corrected chi connectivity index (χ4v) is 2.63. The van der Waals surface area contributed by atoms with E-state index in [0.717, 1.165) is 25.9 Å². The average Bonchev–Trinajstić information content (AvgIpc) is 2.82. The Kier molecular flexibility index (Phi) is 4.89. The van der Waals surface area contributed by atoms with E-state index in [0.29, 0.717) is 24.7 Å². The molecule has 8 heteroatoms. The molecule has 0 spiro atoms. The Morgan fingerprint density at radius 3 is 2.76 bits per heavy atom. The molecule has 1 saturated heterocycles. The number of piperidine rings is 1. The number of aryl methyl sites for hydroxylation is 1. The van der Waals surface area contributed by atoms with E-state index in [9.17, 15) is 14.9 Å². The minimum Gasteiger partial charge on any atom is -0.468 e. The summed E-state index contributed by atoms with van der Waals surface area (Å²) >= 11 is 0. The van der Waals surface area contributed by atoms with E-state index in [-0.39, 0.29) is 11.8 Å². The van der Waals surface area contributed by atoms with E-state index in [2.05, 4.69) is 9.84 Å². The quantitative estimate of drug-likeness (QED) is 0.457. The number of hydrogen-bond donors (Lipinski definition) is 0. The molecule has 1 aliphatic heterocycles. The van der Waals surface area contributed by atoms with E-state index in [1.54, 1.807) is 6.92 Å². The molecule has 116 valence electrons. The number of hydrogen-bond acceptors (Lipinski definition) is 6. The number of likely N-dealkylation sites (tertiary alicyclic amines) is 1. The molecule has 1 aromatic rings. The van der Waals surface area contributed by atoms with Crippen LogP contribution in [-0.4, -0.2) is 52.3 Å². The topological polar surface area (TPSA) is 90.5 Å². The second kappa shape index (κ2) is 6.66. The van der Waals surface area contributed by atoms with Crippen molar-refractivity contribution >= 4 is 11.8 Å². The van der Waals surface area contributed by atoms with Crippen molar-refractivity contribution in [1.82, 2.24) is 14.7 Å². The lowest BCUT2D eigenvalue weighted by atomic mass is 9.97. The monoisotopic (exact) mass is 296 g/mol. The first kappa shape index (κ1) is 15.4. The first-order valence-electron chi connectivity index (χ1n) is 6.97. The molecule has 0 bridgehead atoms. The number of aromatic nitrogens is 2. The van der Waals surface area contributed by atoms with Crippen LogP contribution in [0.25, 0.3) is 0 Å². The van der Waals surface area contributed by atoms with E-state index in [4.69, 9.17) is 0 Å². The summed E-state index contributed by atoms with van der Waals surface area (Å²) in [7, 11) is 1.38. The van der Waals surface area contributed by atoms with Crippen LogP contribution >= 0.6 is 0 Å². The first-order chi connectivity index (χ1) is 9.99. The van der Waals surface area contributed by atoms with E-state index in [1.807, 2.05) is 4.90 Å². The molecular formula is C13H20N4O4. The highest BCUT2D eigenvalue weighted by Crippen LogP contribution is 2.22. The van der Waals surface area contributed by atoms with Crippen molar-refractivity contribution in [2.45, 2.75) is 26.3 Å². The van der Waals surface area contributed by atoms with Crippen LogP contribution in [0.5, 0.6) is 0 Å². The van der Waals surface area contributed by atoms with Gasteiger partial charge in [0, 0.05) is 5.92 Å². The van der Waals surface area contributed by atoms with Crippen LogP contribution in [0.2, 0.25) is 0 Å². The third-order valence-corrected chi connectivity index (χ3v) is 3.79. The van der Waals surface area contributed by atoms with Crippen molar-refractivity contribution in [3.8, 4) is 0 Å². The number of methoxy groups -OCH3 is 1. The summed E-state index contributed by atoms with van der Waals surface area (Å²) in [5, 5.41) is 15.2. The zero-order chi connectivity index (χ0) is 15.4. The molecule has 21 heavy (non-hydrogen) atoms. The number of carbonyl (C=O) groups is 1. The highest BCUT2D eigenvalue weighted by atomic mass is 16.6. The average molecular weight is 296 g/mol. The molecule has 0 aliphatic carbocycles. The van der Waals surface area contributed by atoms with E-state index < -0.39 is 4.92 Å². The molecule has 0 atom stereocenters. The standard InChI is InChI=1S/C13H20N4O4/c1-10-7-12(17(19)20)16(14-10)8-11-3-5-15(6-4-11)9-13(18)21-2/h7,11H,3-6,8-9H2,1-2H3. The normalized spacial score (nSPS) is 16.9. The lowest BCUT2D eigenvalue weighted by molar-refractivity contribution is -0.392. The maximum atomic E-state index is 11.2. The lowest BCUT2D eigenvalue weighted by Gasteiger charge is -2.29. The SMILES string of the molecule is COC(=O)CN1CCC(Cn2nc(C)cc2[N+](=O)[O-])CC1. The lowest BCUT2D eigenvalue weighted by Crippen LogP contribution is -2.38. The number of nitrogens with zero attached hydrogens (tertiary/aromatic N) is 4. The van der Waals surface area contributed by atoms with Crippen molar-refractivity contribution < 1.29 is 14.5 Å². The number of nitro groups is 1. The zero-order valence-electron chi connectivity index (χ0n) is 12.3. The molecule has 1 aliphatic rings. The van der Waals surface area contributed by atoms with E-state index >= 15 is 0 Å². The fourth-order valence-electron chi connectivity index (χ4n) is 2.63. The zero-order valence-corrected chi connectivity index (χ0v) is 12.3. The summed E-state index contributed by atoms with van der Waals surface area (Å²) < 4.78 is 6.13. The summed E-state index contributed by atoms with van der Waals surface area (Å²) in [5.74, 6) is 0.160. The van der Waals surface area contributed by atoms with Gasteiger partial charge in [-0.05, 0) is 37.8 Å². The number of ether oxygens (including phenoxy) is 1. The third kappa shape index (κ3) is 4.01. The number of carbonyl (C=O) groups excluding carboxylic acids is 1. The molecule has 0 aromatic carbocycles. The Morgan fingerprint density at radius 1 is 1.52 bits per heavy atom. The van der Waals surface area contributed by atoms with Crippen LogP contribution in [0.15, 0.2) is 6.07 Å². The molecule has 0 radical (unpaired) electrons. The molecule has 0 saturated carbocycles. The van der Waals surface area contributed by atoms with Gasteiger partial charge in [-0.25, -0.2) is 0 Å². The molecule has 1 aromatic heterocycles. The van der Waals surface area contributed by atoms with Crippen molar-refractivity contribution in [3.63, 3.8) is 0 Å². The van der Waals surface area contributed by atoms with Crippen LogP contribution in [0.4, 0.5) is 5.82 Å². The molecule has 0 N–H and O–H groups in total. The fraction of sp³-hybridized carbons (Fsp3) is 0.692. The Bertz CT molecular complexity index is 520. The van der Waals surface area contributed by atoms with Crippen LogP contribution in [0.3, 0.4) is 0 Å². The van der Waals surface area contributed by atoms with Gasteiger partial charge in [0.1, 0.15) is 6.54 Å². The highest BCUT2D eigenvalue weighted by Gasteiger charge is 2.25. The van der Waals surface area contributed by atoms with Crippen LogP contribution in [-0.2, 0) is 16.1 Å². The van der Waals surface area contributed by atoms with Gasteiger partial charge in [0.15, 0.2) is 0 Å². The largest absolute Gasteiger partial charge is 0.468 e. The molecule has 0 amide bonds. The summed E-state index contributed by atoms with van der Waals surface area (Å²) in [6.07, 6.45) is 1.79. The van der Waals surface area contributed by atoms with Crippen LogP contribution in [0, 0.1) is 23.0 Å². The van der Waals surface area contributed by atoms with Gasteiger partial charge in [0.25, 0.3) is 0 Å². The molecule has 2 rings (SSSR count). The molecule has 0 unspecified atom stereocenters. The summed E-state index contributed by atoms with van der Waals surface area (Å²) in [5.41, 5.74) is 0.657. The minimum atomic E-state index is -0.396. The second-order valence-corrected chi connectivity index (χ2v) is 5.38. The minimum absolute atomic E-state index is 0.0458. The van der Waals surface area contributed by atoms with Gasteiger partial charge < -0.3 is 14.9 Å². The molecule has 8 nitrogen and oxygen atoms in total. The summed E-state index contributed by atoms with van der Waals surface area (Å²) in [6, 6.07) is 1.49. The molecular weight excluding hydrogens is 276 g/mol. The van der Waals surface area contributed by atoms with Gasteiger partial charge in [-0.1, -0.05) is 5.10 Å². The Labute approximate surface area is 122 Å². The second-order valence-electron chi connectivity index (χ2n) is 5.38. The maximum Gasteiger partial charge on any atom is 0.345 e. The van der Waals surface area contributed by atoms with Gasteiger partial charge >= 0.3 is 11.8 Å². The highest BCUT2D eigenvalue weighted by molar-refractivity contribution is 5.71. The van der Waals surface area contributed by atoms with Crippen molar-refractivity contribution in [2.24, 2.45) is 5.92 Å².